The van der Waals surface area contributed by atoms with E-state index in [-0.39, 0.29) is 43.0 Å². The summed E-state index contributed by atoms with van der Waals surface area (Å²) in [6, 6.07) is 0. The molecule has 0 radical (unpaired) electrons. The molecule has 1 aliphatic carbocycles. The normalized spacial score (nSPS) is 24.6. The van der Waals surface area contributed by atoms with E-state index in [4.69, 9.17) is 0 Å². The molecule has 7 heteroatoms. The summed E-state index contributed by atoms with van der Waals surface area (Å²) in [5, 5.41) is 2.84. The van der Waals surface area contributed by atoms with Crippen molar-refractivity contribution in [3.8, 4) is 0 Å². The average molecular weight is 341 g/mol. The van der Waals surface area contributed by atoms with Crippen molar-refractivity contribution in [2.24, 2.45) is 10.9 Å². The van der Waals surface area contributed by atoms with E-state index in [1.54, 1.807) is 12.2 Å². The quantitative estimate of drug-likeness (QED) is 0.776. The molecule has 1 fully saturated rings. The van der Waals surface area contributed by atoms with E-state index >= 15 is 0 Å². The highest BCUT2D eigenvalue weighted by Crippen LogP contribution is 2.31. The molecule has 1 saturated heterocycles. The van der Waals surface area contributed by atoms with Crippen molar-refractivity contribution in [2.45, 2.75) is 33.1 Å². The third kappa shape index (κ3) is 3.22. The second-order valence-corrected chi connectivity index (χ2v) is 6.21. The topological polar surface area (TPSA) is 95.9 Å². The number of fused-ring (bicyclic) bond motifs is 1. The van der Waals surface area contributed by atoms with Gasteiger partial charge in [-0.3, -0.25) is 24.1 Å². The number of aliphatic imine (C=N–C) groups is 1. The van der Waals surface area contributed by atoms with Crippen LogP contribution in [-0.4, -0.2) is 40.8 Å². The third-order valence-corrected chi connectivity index (χ3v) is 4.63. The molecule has 2 heterocycles. The second-order valence-electron chi connectivity index (χ2n) is 6.21. The zero-order valence-electron chi connectivity index (χ0n) is 14.2. The van der Waals surface area contributed by atoms with Crippen molar-refractivity contribution < 1.29 is 19.2 Å². The number of hydrogen-bond acceptors (Lipinski definition) is 4. The Morgan fingerprint density at radius 1 is 1.28 bits per heavy atom. The number of imide groups is 1. The molecule has 0 aromatic rings. The molecule has 0 bridgehead atoms. The summed E-state index contributed by atoms with van der Waals surface area (Å²) in [5.41, 5.74) is 2.84. The molecule has 25 heavy (non-hydrogen) atoms. The first-order valence-electron chi connectivity index (χ1n) is 8.26. The van der Waals surface area contributed by atoms with E-state index in [1.165, 1.54) is 0 Å². The predicted molar refractivity (Wildman–Crippen MR) is 90.2 cm³/mol. The van der Waals surface area contributed by atoms with Gasteiger partial charge >= 0.3 is 0 Å². The average Bonchev–Trinajstić information content (AvgIpc) is 2.87. The molecule has 130 valence electrons. The molecule has 3 rings (SSSR count). The van der Waals surface area contributed by atoms with Gasteiger partial charge in [0.1, 0.15) is 6.54 Å². The number of nitrogens with one attached hydrogen (secondary N) is 1. The Bertz CT molecular complexity index is 785. The molecule has 0 aromatic heterocycles. The molecule has 4 amide bonds. The smallest absolute Gasteiger partial charge is 0.266 e. The van der Waals surface area contributed by atoms with E-state index in [0.717, 1.165) is 16.0 Å². The van der Waals surface area contributed by atoms with Crippen LogP contribution < -0.4 is 5.32 Å². The predicted octanol–water partition coefficient (Wildman–Crippen LogP) is 1.03. The molecule has 0 aromatic carbocycles. The van der Waals surface area contributed by atoms with E-state index < -0.39 is 5.91 Å². The highest BCUT2D eigenvalue weighted by Gasteiger charge is 2.31. The van der Waals surface area contributed by atoms with Crippen LogP contribution in [-0.2, 0) is 19.2 Å². The molecule has 0 saturated carbocycles. The number of amides is 4. The molecule has 0 spiro atoms. The van der Waals surface area contributed by atoms with Crippen molar-refractivity contribution >= 4 is 29.3 Å². The van der Waals surface area contributed by atoms with Gasteiger partial charge in [-0.2, -0.15) is 0 Å². The number of allylic oxidation sites excluding steroid dienone is 3. The fraction of sp³-hybridized carbons (Fsp3) is 0.389. The largest absolute Gasteiger partial charge is 0.325 e. The first-order valence-corrected chi connectivity index (χ1v) is 8.26. The van der Waals surface area contributed by atoms with Crippen LogP contribution in [0, 0.1) is 5.92 Å². The molecule has 1 atom stereocenters. The van der Waals surface area contributed by atoms with Crippen LogP contribution in [0.15, 0.2) is 40.1 Å². The zero-order valence-corrected chi connectivity index (χ0v) is 14.2. The van der Waals surface area contributed by atoms with Gasteiger partial charge in [-0.1, -0.05) is 18.6 Å². The number of nitrogens with zero attached hydrogens (tertiary/aromatic N) is 2. The number of rotatable bonds is 3. The van der Waals surface area contributed by atoms with Gasteiger partial charge in [-0.25, -0.2) is 4.99 Å². The Kier molecular flexibility index (Phi) is 4.48. The van der Waals surface area contributed by atoms with Gasteiger partial charge in [0.15, 0.2) is 0 Å². The Hall–Kier alpha value is -2.83. The summed E-state index contributed by atoms with van der Waals surface area (Å²) in [4.78, 5) is 52.2. The summed E-state index contributed by atoms with van der Waals surface area (Å²) in [6.07, 6.45) is 6.21. The molecule has 1 unspecified atom stereocenters. The monoisotopic (exact) mass is 341 g/mol. The van der Waals surface area contributed by atoms with Gasteiger partial charge in [-0.05, 0) is 25.5 Å². The van der Waals surface area contributed by atoms with Crippen molar-refractivity contribution in [1.82, 2.24) is 10.2 Å². The molecule has 2 aliphatic heterocycles. The van der Waals surface area contributed by atoms with Gasteiger partial charge in [0, 0.05) is 30.0 Å². The highest BCUT2D eigenvalue weighted by molar-refractivity contribution is 6.13. The Labute approximate surface area is 145 Å². The molecule has 7 nitrogen and oxygen atoms in total. The van der Waals surface area contributed by atoms with E-state index in [1.807, 2.05) is 19.9 Å². The fourth-order valence-electron chi connectivity index (χ4n) is 3.28. The van der Waals surface area contributed by atoms with Crippen LogP contribution in [0.3, 0.4) is 0 Å². The minimum Gasteiger partial charge on any atom is -0.325 e. The molecule has 3 aliphatic rings. The van der Waals surface area contributed by atoms with Gasteiger partial charge < -0.3 is 5.32 Å². The van der Waals surface area contributed by atoms with Crippen LogP contribution in [0.1, 0.15) is 33.1 Å². The standard InChI is InChI=1S/C18H19N3O4/c1-3-12-10(2)13-5-4-11(8-14(13)20-18(12)25)19-15(22)9-21-16(23)6-7-17(21)24/h4-5,8,13H,3,6-7,9H2,1-2H3,(H,20,25). The van der Waals surface area contributed by atoms with Crippen molar-refractivity contribution in [3.05, 3.63) is 35.1 Å². The number of likely N-dealkylation sites (tertiary alicyclic amines) is 1. The lowest BCUT2D eigenvalue weighted by Gasteiger charge is -2.29. The second kappa shape index (κ2) is 6.58. The Balaban J connectivity index is 1.77. The van der Waals surface area contributed by atoms with E-state index in [9.17, 15) is 19.2 Å². The summed E-state index contributed by atoms with van der Waals surface area (Å²) in [5.74, 6) is -1.41. The summed E-state index contributed by atoms with van der Waals surface area (Å²) in [6.45, 7) is 3.53. The van der Waals surface area contributed by atoms with E-state index in [0.29, 0.717) is 17.8 Å². The van der Waals surface area contributed by atoms with Crippen LogP contribution >= 0.6 is 0 Å². The lowest BCUT2D eigenvalue weighted by Crippen LogP contribution is -2.36. The van der Waals surface area contributed by atoms with Gasteiger partial charge in [0.05, 0.1) is 5.71 Å². The van der Waals surface area contributed by atoms with Gasteiger partial charge in [0.25, 0.3) is 11.8 Å². The maximum atomic E-state index is 12.1. The lowest BCUT2D eigenvalue weighted by atomic mass is 9.84. The van der Waals surface area contributed by atoms with E-state index in [2.05, 4.69) is 10.3 Å². The highest BCUT2D eigenvalue weighted by atomic mass is 16.2. The zero-order chi connectivity index (χ0) is 18.1. The number of hydrogen-bond donors (Lipinski definition) is 1. The van der Waals surface area contributed by atoms with Crippen LogP contribution in [0.2, 0.25) is 0 Å². The fourth-order valence-corrected chi connectivity index (χ4v) is 3.28. The molecular weight excluding hydrogens is 322 g/mol. The third-order valence-electron chi connectivity index (χ3n) is 4.63. The minimum absolute atomic E-state index is 0.0246. The lowest BCUT2D eigenvalue weighted by molar-refractivity contribution is -0.141. The molecule has 1 N–H and O–H groups in total. The Morgan fingerprint density at radius 3 is 2.60 bits per heavy atom. The number of carbonyl (C=O) groups is 4. The Morgan fingerprint density at radius 2 is 1.96 bits per heavy atom. The van der Waals surface area contributed by atoms with Crippen LogP contribution in [0.5, 0.6) is 0 Å². The van der Waals surface area contributed by atoms with Crippen molar-refractivity contribution in [3.63, 3.8) is 0 Å². The molecular formula is C18H19N3O4. The first-order chi connectivity index (χ1) is 11.9. The number of carbonyl (C=O) groups excluding carboxylic acids is 4. The SMILES string of the molecule is CCC1=C(C)C2C=CC(=NC(=O)CN3C(=O)CCC3=O)C=C2NC1=O. The summed E-state index contributed by atoms with van der Waals surface area (Å²) >= 11 is 0. The maximum absolute atomic E-state index is 12.1. The van der Waals surface area contributed by atoms with Gasteiger partial charge in [0.2, 0.25) is 11.8 Å². The first kappa shape index (κ1) is 17.0. The summed E-state index contributed by atoms with van der Waals surface area (Å²) < 4.78 is 0. The van der Waals surface area contributed by atoms with Crippen molar-refractivity contribution in [2.75, 3.05) is 6.54 Å². The van der Waals surface area contributed by atoms with Crippen LogP contribution in [0.4, 0.5) is 0 Å². The summed E-state index contributed by atoms with van der Waals surface area (Å²) in [7, 11) is 0. The van der Waals surface area contributed by atoms with Crippen LogP contribution in [0.25, 0.3) is 0 Å². The maximum Gasteiger partial charge on any atom is 0.266 e. The minimum atomic E-state index is -0.567. The van der Waals surface area contributed by atoms with Gasteiger partial charge in [-0.15, -0.1) is 0 Å². The van der Waals surface area contributed by atoms with Crippen molar-refractivity contribution in [1.29, 1.82) is 0 Å².